The first-order valence-electron chi connectivity index (χ1n) is 6.11. The first-order chi connectivity index (χ1) is 8.83. The van der Waals surface area contributed by atoms with Crippen LogP contribution < -0.4 is 4.90 Å². The zero-order valence-electron chi connectivity index (χ0n) is 10.3. The summed E-state index contributed by atoms with van der Waals surface area (Å²) < 4.78 is 0. The Kier molecular flexibility index (Phi) is 4.17. The Labute approximate surface area is 108 Å². The molecule has 0 saturated carbocycles. The van der Waals surface area contributed by atoms with Gasteiger partial charge in [0.05, 0.1) is 0 Å². The van der Waals surface area contributed by atoms with Gasteiger partial charge in [0.2, 0.25) is 0 Å². The molecular weight excluding hydrogens is 224 g/mol. The van der Waals surface area contributed by atoms with Crippen LogP contribution >= 0.6 is 0 Å². The number of anilines is 1. The van der Waals surface area contributed by atoms with Crippen LogP contribution in [0.4, 0.5) is 5.82 Å². The lowest BCUT2D eigenvalue weighted by molar-refractivity contribution is 0.263. The molecule has 92 valence electrons. The fourth-order valence-electron chi connectivity index (χ4n) is 2.08. The number of rotatable bonds is 3. The van der Waals surface area contributed by atoms with Gasteiger partial charge in [-0.1, -0.05) is 6.07 Å². The third-order valence-corrected chi connectivity index (χ3v) is 3.12. The fraction of sp³-hybridized carbons (Fsp3) is 0.429. The van der Waals surface area contributed by atoms with Gasteiger partial charge in [-0.2, -0.15) is 5.26 Å². The van der Waals surface area contributed by atoms with E-state index in [2.05, 4.69) is 26.8 Å². The van der Waals surface area contributed by atoms with Gasteiger partial charge in [-0.05, 0) is 12.1 Å². The van der Waals surface area contributed by atoms with E-state index >= 15 is 0 Å². The van der Waals surface area contributed by atoms with Crippen molar-refractivity contribution in [3.05, 3.63) is 23.9 Å². The molecular formula is C14H16N4. The predicted octanol–water partition coefficient (Wildman–Crippen LogP) is 1.10. The maximum absolute atomic E-state index is 8.84. The number of hydrogen-bond acceptors (Lipinski definition) is 4. The normalized spacial score (nSPS) is 16.0. The lowest BCUT2D eigenvalue weighted by Crippen LogP contribution is -2.46. The van der Waals surface area contributed by atoms with Crippen molar-refractivity contribution in [2.75, 3.05) is 37.6 Å². The second kappa shape index (κ2) is 6.05. The number of aromatic nitrogens is 1. The molecule has 0 atom stereocenters. The number of hydrogen-bond donors (Lipinski definition) is 0. The number of terminal acetylenes is 1. The van der Waals surface area contributed by atoms with E-state index in [1.54, 1.807) is 6.07 Å². The van der Waals surface area contributed by atoms with E-state index in [4.69, 9.17) is 11.7 Å². The summed E-state index contributed by atoms with van der Waals surface area (Å²) in [6.45, 7) is 4.84. The fourth-order valence-corrected chi connectivity index (χ4v) is 2.08. The summed E-state index contributed by atoms with van der Waals surface area (Å²) in [4.78, 5) is 8.90. The average Bonchev–Trinajstić information content (AvgIpc) is 2.46. The Hall–Kier alpha value is -2.04. The molecule has 0 spiro atoms. The van der Waals surface area contributed by atoms with Gasteiger partial charge in [0.15, 0.2) is 0 Å². The van der Waals surface area contributed by atoms with Crippen molar-refractivity contribution >= 4 is 5.82 Å². The molecule has 18 heavy (non-hydrogen) atoms. The van der Waals surface area contributed by atoms with Gasteiger partial charge in [-0.25, -0.2) is 4.98 Å². The van der Waals surface area contributed by atoms with Crippen molar-refractivity contribution in [2.45, 2.75) is 6.42 Å². The molecule has 2 rings (SSSR count). The molecule has 0 N–H and O–H groups in total. The molecule has 2 heterocycles. The summed E-state index contributed by atoms with van der Waals surface area (Å²) in [5.74, 6) is 3.56. The molecule has 4 nitrogen and oxygen atoms in total. The van der Waals surface area contributed by atoms with E-state index in [-0.39, 0.29) is 0 Å². The quantitative estimate of drug-likeness (QED) is 0.742. The maximum Gasteiger partial charge on any atom is 0.142 e. The molecule has 0 unspecified atom stereocenters. The molecule has 0 aromatic carbocycles. The van der Waals surface area contributed by atoms with E-state index in [9.17, 15) is 0 Å². The Bertz CT molecular complexity index is 475. The van der Waals surface area contributed by atoms with Crippen LogP contribution in [0.2, 0.25) is 0 Å². The smallest absolute Gasteiger partial charge is 0.142 e. The lowest BCUT2D eigenvalue weighted by atomic mass is 10.2. The molecule has 1 aromatic rings. The van der Waals surface area contributed by atoms with Crippen LogP contribution in [0.5, 0.6) is 0 Å². The third-order valence-electron chi connectivity index (χ3n) is 3.12. The van der Waals surface area contributed by atoms with Crippen molar-refractivity contribution in [3.8, 4) is 18.4 Å². The highest BCUT2D eigenvalue weighted by Gasteiger charge is 2.17. The van der Waals surface area contributed by atoms with E-state index in [0.717, 1.165) is 45.0 Å². The number of nitriles is 1. The van der Waals surface area contributed by atoms with Crippen molar-refractivity contribution in [1.82, 2.24) is 9.88 Å². The van der Waals surface area contributed by atoms with Crippen molar-refractivity contribution in [3.63, 3.8) is 0 Å². The minimum atomic E-state index is 0.474. The first kappa shape index (κ1) is 12.4. The molecule has 1 aliphatic rings. The van der Waals surface area contributed by atoms with E-state index in [1.165, 1.54) is 0 Å². The highest BCUT2D eigenvalue weighted by molar-refractivity contribution is 5.42. The standard InChI is InChI=1S/C14H16N4/c1-2-3-7-17-8-10-18(11-9-17)14-6-4-5-13(12-15)16-14/h1,4-6H,3,7-11H2. The summed E-state index contributed by atoms with van der Waals surface area (Å²) in [6.07, 6.45) is 6.08. The Morgan fingerprint density at radius 2 is 2.06 bits per heavy atom. The molecule has 1 fully saturated rings. The Balaban J connectivity index is 1.93. The summed E-state index contributed by atoms with van der Waals surface area (Å²) >= 11 is 0. The van der Waals surface area contributed by atoms with E-state index in [1.807, 2.05) is 12.1 Å². The average molecular weight is 240 g/mol. The zero-order chi connectivity index (χ0) is 12.8. The van der Waals surface area contributed by atoms with E-state index < -0.39 is 0 Å². The first-order valence-corrected chi connectivity index (χ1v) is 6.11. The van der Waals surface area contributed by atoms with Gasteiger partial charge in [0.25, 0.3) is 0 Å². The highest BCUT2D eigenvalue weighted by atomic mass is 15.3. The van der Waals surface area contributed by atoms with Crippen LogP contribution in [0, 0.1) is 23.7 Å². The van der Waals surface area contributed by atoms with Gasteiger partial charge in [0, 0.05) is 39.1 Å². The third kappa shape index (κ3) is 3.00. The van der Waals surface area contributed by atoms with Gasteiger partial charge in [0.1, 0.15) is 17.6 Å². The van der Waals surface area contributed by atoms with Crippen LogP contribution in [-0.4, -0.2) is 42.6 Å². The second-order valence-electron chi connectivity index (χ2n) is 4.28. The second-order valence-corrected chi connectivity index (χ2v) is 4.28. The summed E-state index contributed by atoms with van der Waals surface area (Å²) in [7, 11) is 0. The van der Waals surface area contributed by atoms with Crippen molar-refractivity contribution in [2.24, 2.45) is 0 Å². The Morgan fingerprint density at radius 1 is 1.28 bits per heavy atom. The van der Waals surface area contributed by atoms with Gasteiger partial charge in [-0.3, -0.25) is 4.90 Å². The molecule has 1 aromatic heterocycles. The maximum atomic E-state index is 8.84. The molecule has 1 saturated heterocycles. The summed E-state index contributed by atoms with van der Waals surface area (Å²) in [5.41, 5.74) is 0.474. The van der Waals surface area contributed by atoms with Crippen LogP contribution in [0.15, 0.2) is 18.2 Å². The monoisotopic (exact) mass is 240 g/mol. The largest absolute Gasteiger partial charge is 0.354 e. The number of nitrogens with zero attached hydrogens (tertiary/aromatic N) is 4. The predicted molar refractivity (Wildman–Crippen MR) is 71.1 cm³/mol. The lowest BCUT2D eigenvalue weighted by Gasteiger charge is -2.35. The molecule has 1 aliphatic heterocycles. The molecule has 0 amide bonds. The summed E-state index contributed by atoms with van der Waals surface area (Å²) in [5, 5.41) is 8.84. The van der Waals surface area contributed by atoms with Crippen molar-refractivity contribution < 1.29 is 0 Å². The highest BCUT2D eigenvalue weighted by Crippen LogP contribution is 2.14. The molecule has 4 heteroatoms. The molecule has 0 bridgehead atoms. The minimum absolute atomic E-state index is 0.474. The van der Waals surface area contributed by atoms with Crippen molar-refractivity contribution in [1.29, 1.82) is 5.26 Å². The van der Waals surface area contributed by atoms with Crippen LogP contribution in [0.25, 0.3) is 0 Å². The molecule has 0 radical (unpaired) electrons. The van der Waals surface area contributed by atoms with E-state index in [0.29, 0.717) is 5.69 Å². The van der Waals surface area contributed by atoms with Gasteiger partial charge < -0.3 is 4.90 Å². The number of piperazine rings is 1. The van der Waals surface area contributed by atoms with Crippen LogP contribution in [-0.2, 0) is 0 Å². The topological polar surface area (TPSA) is 43.2 Å². The minimum Gasteiger partial charge on any atom is -0.354 e. The number of pyridine rings is 1. The van der Waals surface area contributed by atoms with Gasteiger partial charge in [-0.15, -0.1) is 12.3 Å². The SMILES string of the molecule is C#CCCN1CCN(c2cccc(C#N)n2)CC1. The Morgan fingerprint density at radius 3 is 2.72 bits per heavy atom. The molecule has 0 aliphatic carbocycles. The van der Waals surface area contributed by atoms with Crippen LogP contribution in [0.1, 0.15) is 12.1 Å². The summed E-state index contributed by atoms with van der Waals surface area (Å²) in [6, 6.07) is 7.64. The van der Waals surface area contributed by atoms with Gasteiger partial charge >= 0.3 is 0 Å². The van der Waals surface area contributed by atoms with Crippen LogP contribution in [0.3, 0.4) is 0 Å². The zero-order valence-corrected chi connectivity index (χ0v) is 10.3.